The standard InChI is InChI=1S/C16H21N5O.2ClH/c22-16(15-7-3-4-8-18-15)19-9-13-5-1-2-6-14(13)10-21-12-17-11-20-21;;/h1-2,5-6,11-12,15,18H,3-4,7-10H2,(H,19,22);2*1H/t15-;;/m1../s1. The summed E-state index contributed by atoms with van der Waals surface area (Å²) in [7, 11) is 0. The van der Waals surface area contributed by atoms with Gasteiger partial charge in [-0.2, -0.15) is 5.10 Å². The van der Waals surface area contributed by atoms with Crippen molar-refractivity contribution in [3.05, 3.63) is 48.0 Å². The smallest absolute Gasteiger partial charge is 0.237 e. The normalized spacial score (nSPS) is 16.6. The van der Waals surface area contributed by atoms with E-state index in [4.69, 9.17) is 0 Å². The Labute approximate surface area is 154 Å². The minimum Gasteiger partial charge on any atom is -0.351 e. The van der Waals surface area contributed by atoms with Crippen molar-refractivity contribution in [3.8, 4) is 0 Å². The molecule has 1 aliphatic rings. The Morgan fingerprint density at radius 3 is 2.71 bits per heavy atom. The first-order valence-corrected chi connectivity index (χ1v) is 7.73. The Hall–Kier alpha value is -1.63. The minimum absolute atomic E-state index is 0. The van der Waals surface area contributed by atoms with Crippen molar-refractivity contribution < 1.29 is 4.79 Å². The fourth-order valence-electron chi connectivity index (χ4n) is 2.75. The molecule has 8 heteroatoms. The van der Waals surface area contributed by atoms with Crippen LogP contribution in [-0.2, 0) is 17.9 Å². The number of rotatable bonds is 5. The summed E-state index contributed by atoms with van der Waals surface area (Å²) in [6.45, 7) is 2.14. The number of halogens is 2. The molecule has 6 nitrogen and oxygen atoms in total. The lowest BCUT2D eigenvalue weighted by molar-refractivity contribution is -0.123. The van der Waals surface area contributed by atoms with Crippen LogP contribution in [0.1, 0.15) is 30.4 Å². The van der Waals surface area contributed by atoms with Crippen LogP contribution in [0.5, 0.6) is 0 Å². The van der Waals surface area contributed by atoms with E-state index in [1.54, 1.807) is 11.0 Å². The van der Waals surface area contributed by atoms with Crippen molar-refractivity contribution in [2.24, 2.45) is 0 Å². The number of nitrogens with one attached hydrogen (secondary N) is 2. The summed E-state index contributed by atoms with van der Waals surface area (Å²) in [6.07, 6.45) is 6.42. The van der Waals surface area contributed by atoms with Crippen LogP contribution in [0.25, 0.3) is 0 Å². The van der Waals surface area contributed by atoms with Gasteiger partial charge in [-0.05, 0) is 30.5 Å². The highest BCUT2D eigenvalue weighted by molar-refractivity contribution is 5.85. The molecule has 132 valence electrons. The zero-order chi connectivity index (χ0) is 15.2. The molecule has 1 atom stereocenters. The molecule has 0 saturated carbocycles. The summed E-state index contributed by atoms with van der Waals surface area (Å²) in [5, 5.41) is 10.4. The first kappa shape index (κ1) is 20.4. The number of piperidine rings is 1. The third kappa shape index (κ3) is 5.47. The number of carbonyl (C=O) groups excluding carboxylic acids is 1. The minimum atomic E-state index is -0.0452. The summed E-state index contributed by atoms with van der Waals surface area (Å²) in [5.41, 5.74) is 2.26. The second-order valence-corrected chi connectivity index (χ2v) is 5.58. The first-order chi connectivity index (χ1) is 10.8. The Bertz CT molecular complexity index is 615. The maximum atomic E-state index is 12.2. The average Bonchev–Trinajstić information content (AvgIpc) is 3.07. The van der Waals surface area contributed by atoms with Gasteiger partial charge in [-0.15, -0.1) is 24.8 Å². The molecule has 1 aromatic carbocycles. The maximum absolute atomic E-state index is 12.2. The molecule has 1 fully saturated rings. The number of hydrogen-bond donors (Lipinski definition) is 2. The third-order valence-corrected chi connectivity index (χ3v) is 4.00. The molecule has 0 radical (unpaired) electrons. The van der Waals surface area contributed by atoms with Gasteiger partial charge >= 0.3 is 0 Å². The fraction of sp³-hybridized carbons (Fsp3) is 0.438. The molecule has 0 spiro atoms. The fourth-order valence-corrected chi connectivity index (χ4v) is 2.75. The summed E-state index contributed by atoms with van der Waals surface area (Å²) < 4.78 is 1.78. The Kier molecular flexibility index (Phi) is 8.74. The highest BCUT2D eigenvalue weighted by Gasteiger charge is 2.20. The Morgan fingerprint density at radius 1 is 1.25 bits per heavy atom. The van der Waals surface area contributed by atoms with Crippen LogP contribution >= 0.6 is 24.8 Å². The lowest BCUT2D eigenvalue weighted by atomic mass is 10.0. The molecule has 3 rings (SSSR count). The molecule has 2 heterocycles. The van der Waals surface area contributed by atoms with Crippen molar-refractivity contribution in [1.82, 2.24) is 25.4 Å². The highest BCUT2D eigenvalue weighted by Crippen LogP contribution is 2.11. The third-order valence-electron chi connectivity index (χ3n) is 4.00. The molecule has 2 N–H and O–H groups in total. The molecule has 1 saturated heterocycles. The predicted octanol–water partition coefficient (Wildman–Crippen LogP) is 1.93. The van der Waals surface area contributed by atoms with E-state index in [1.165, 1.54) is 6.33 Å². The highest BCUT2D eigenvalue weighted by atomic mass is 35.5. The van der Waals surface area contributed by atoms with Gasteiger partial charge in [0.05, 0.1) is 12.6 Å². The SMILES string of the molecule is Cl.Cl.O=C(NCc1ccccc1Cn1cncn1)[C@H]1CCCCN1. The summed E-state index contributed by atoms with van der Waals surface area (Å²) in [6, 6.07) is 8.05. The summed E-state index contributed by atoms with van der Waals surface area (Å²) >= 11 is 0. The van der Waals surface area contributed by atoms with Gasteiger partial charge in [0.2, 0.25) is 5.91 Å². The van der Waals surface area contributed by atoms with E-state index in [1.807, 2.05) is 18.2 Å². The van der Waals surface area contributed by atoms with Crippen molar-refractivity contribution in [3.63, 3.8) is 0 Å². The number of carbonyl (C=O) groups is 1. The van der Waals surface area contributed by atoms with Crippen molar-refractivity contribution >= 4 is 30.7 Å². The molecule has 2 aromatic rings. The maximum Gasteiger partial charge on any atom is 0.237 e. The van der Waals surface area contributed by atoms with E-state index >= 15 is 0 Å². The van der Waals surface area contributed by atoms with Gasteiger partial charge in [0.25, 0.3) is 0 Å². The first-order valence-electron chi connectivity index (χ1n) is 7.73. The molecule has 0 unspecified atom stereocenters. The van der Waals surface area contributed by atoms with Gasteiger partial charge < -0.3 is 10.6 Å². The van der Waals surface area contributed by atoms with Crippen LogP contribution in [-0.4, -0.2) is 33.3 Å². The molecule has 0 bridgehead atoms. The van der Waals surface area contributed by atoms with Gasteiger partial charge in [0, 0.05) is 6.54 Å². The quantitative estimate of drug-likeness (QED) is 0.842. The Morgan fingerprint density at radius 2 is 2.04 bits per heavy atom. The van der Waals surface area contributed by atoms with Crippen LogP contribution < -0.4 is 10.6 Å². The van der Waals surface area contributed by atoms with Gasteiger partial charge in [0.15, 0.2) is 0 Å². The lowest BCUT2D eigenvalue weighted by Gasteiger charge is -2.22. The zero-order valence-electron chi connectivity index (χ0n) is 13.4. The topological polar surface area (TPSA) is 71.8 Å². The largest absolute Gasteiger partial charge is 0.351 e. The second-order valence-electron chi connectivity index (χ2n) is 5.58. The predicted molar refractivity (Wildman–Crippen MR) is 97.6 cm³/mol. The van der Waals surface area contributed by atoms with Crippen molar-refractivity contribution in [1.29, 1.82) is 0 Å². The van der Waals surface area contributed by atoms with E-state index in [0.717, 1.165) is 36.9 Å². The molecular weight excluding hydrogens is 349 g/mol. The average molecular weight is 372 g/mol. The van der Waals surface area contributed by atoms with Gasteiger partial charge in [-0.25, -0.2) is 9.67 Å². The van der Waals surface area contributed by atoms with Crippen LogP contribution in [0.15, 0.2) is 36.9 Å². The van der Waals surface area contributed by atoms with Crippen LogP contribution in [0.4, 0.5) is 0 Å². The molecule has 24 heavy (non-hydrogen) atoms. The molecule has 0 aliphatic carbocycles. The van der Waals surface area contributed by atoms with E-state index < -0.39 is 0 Å². The number of hydrogen-bond acceptors (Lipinski definition) is 4. The second kappa shape index (κ2) is 10.3. The van der Waals surface area contributed by atoms with E-state index in [9.17, 15) is 4.79 Å². The van der Waals surface area contributed by atoms with Crippen LogP contribution in [0.2, 0.25) is 0 Å². The van der Waals surface area contributed by atoms with E-state index in [2.05, 4.69) is 26.8 Å². The van der Waals surface area contributed by atoms with Crippen LogP contribution in [0.3, 0.4) is 0 Å². The monoisotopic (exact) mass is 371 g/mol. The Balaban J connectivity index is 0.00000144. The molecule has 1 aliphatic heterocycles. The lowest BCUT2D eigenvalue weighted by Crippen LogP contribution is -2.46. The van der Waals surface area contributed by atoms with E-state index in [0.29, 0.717) is 13.1 Å². The summed E-state index contributed by atoms with van der Waals surface area (Å²) in [5.74, 6) is 0.0928. The van der Waals surface area contributed by atoms with E-state index in [-0.39, 0.29) is 36.8 Å². The van der Waals surface area contributed by atoms with Gasteiger partial charge in [-0.3, -0.25) is 4.79 Å². The van der Waals surface area contributed by atoms with Gasteiger partial charge in [-0.1, -0.05) is 30.7 Å². The molecular formula is C16H23Cl2N5O. The van der Waals surface area contributed by atoms with Crippen molar-refractivity contribution in [2.45, 2.75) is 38.4 Å². The number of aromatic nitrogens is 3. The van der Waals surface area contributed by atoms with Crippen molar-refractivity contribution in [2.75, 3.05) is 6.54 Å². The van der Waals surface area contributed by atoms with Crippen LogP contribution in [0, 0.1) is 0 Å². The zero-order valence-corrected chi connectivity index (χ0v) is 15.0. The number of nitrogens with zero attached hydrogens (tertiary/aromatic N) is 3. The molecule has 1 aromatic heterocycles. The summed E-state index contributed by atoms with van der Waals surface area (Å²) in [4.78, 5) is 16.2. The number of amides is 1. The van der Waals surface area contributed by atoms with Gasteiger partial charge in [0.1, 0.15) is 12.7 Å². The molecule has 1 amide bonds. The number of benzene rings is 1.